The van der Waals surface area contributed by atoms with E-state index in [-0.39, 0.29) is 11.8 Å². The smallest absolute Gasteiger partial charge is 0.228 e. The Bertz CT molecular complexity index is 968. The predicted octanol–water partition coefficient (Wildman–Crippen LogP) is 4.71. The number of rotatable bonds is 5. The van der Waals surface area contributed by atoms with Crippen molar-refractivity contribution in [2.45, 2.75) is 19.8 Å². The van der Waals surface area contributed by atoms with E-state index < -0.39 is 0 Å². The topological polar surface area (TPSA) is 67.3 Å². The number of thiazole rings is 1. The van der Waals surface area contributed by atoms with Gasteiger partial charge in [-0.2, -0.15) is 0 Å². The molecule has 2 aromatic heterocycles. The van der Waals surface area contributed by atoms with Crippen molar-refractivity contribution >= 4 is 54.3 Å². The number of nitrogens with one attached hydrogen (secondary N) is 1. The number of fused-ring (bicyclic) bond motifs is 1. The number of amides is 1. The fourth-order valence-corrected chi connectivity index (χ4v) is 4.58. The van der Waals surface area contributed by atoms with E-state index in [1.807, 2.05) is 31.2 Å². The monoisotopic (exact) mass is 460 g/mol. The molecule has 28 heavy (non-hydrogen) atoms. The highest BCUT2D eigenvalue weighted by Crippen LogP contribution is 2.33. The summed E-state index contributed by atoms with van der Waals surface area (Å²) in [4.78, 5) is 23.8. The summed E-state index contributed by atoms with van der Waals surface area (Å²) in [7, 11) is 0. The third kappa shape index (κ3) is 4.28. The molecule has 1 saturated heterocycles. The molecule has 8 heteroatoms. The number of carbonyl (C=O) groups excluding carboxylic acids is 1. The Morgan fingerprint density at radius 1 is 1.32 bits per heavy atom. The average molecular weight is 461 g/mol. The number of piperidine rings is 1. The van der Waals surface area contributed by atoms with Gasteiger partial charge < -0.3 is 15.0 Å². The molecule has 0 atom stereocenters. The molecule has 4 rings (SSSR count). The SMILES string of the molecule is CCOc1ccc2nc(N3CCC(C(=O)Nc4ccc(Br)cn4)CC3)sc2c1. The highest BCUT2D eigenvalue weighted by molar-refractivity contribution is 9.10. The Labute approximate surface area is 176 Å². The summed E-state index contributed by atoms with van der Waals surface area (Å²) < 4.78 is 7.60. The van der Waals surface area contributed by atoms with Crippen LogP contribution in [0.3, 0.4) is 0 Å². The van der Waals surface area contributed by atoms with Crippen molar-refractivity contribution in [1.82, 2.24) is 9.97 Å². The van der Waals surface area contributed by atoms with Gasteiger partial charge in [-0.15, -0.1) is 0 Å². The fraction of sp³-hybridized carbons (Fsp3) is 0.350. The van der Waals surface area contributed by atoms with E-state index in [4.69, 9.17) is 9.72 Å². The molecule has 1 aromatic carbocycles. The molecule has 0 radical (unpaired) electrons. The maximum absolute atomic E-state index is 12.5. The summed E-state index contributed by atoms with van der Waals surface area (Å²) in [5, 5.41) is 3.93. The number of aromatic nitrogens is 2. The van der Waals surface area contributed by atoms with Gasteiger partial charge in [0.05, 0.1) is 16.8 Å². The zero-order valence-corrected chi connectivity index (χ0v) is 17.9. The van der Waals surface area contributed by atoms with E-state index in [9.17, 15) is 4.79 Å². The zero-order chi connectivity index (χ0) is 19.5. The molecule has 146 valence electrons. The summed E-state index contributed by atoms with van der Waals surface area (Å²) in [5.41, 5.74) is 0.990. The molecular weight excluding hydrogens is 440 g/mol. The van der Waals surface area contributed by atoms with Crippen molar-refractivity contribution in [1.29, 1.82) is 0 Å². The maximum atomic E-state index is 12.5. The number of hydrogen-bond acceptors (Lipinski definition) is 6. The van der Waals surface area contributed by atoms with Crippen LogP contribution in [0, 0.1) is 5.92 Å². The van der Waals surface area contributed by atoms with Gasteiger partial charge in [-0.05, 0) is 66.0 Å². The minimum absolute atomic E-state index is 0.000585. The van der Waals surface area contributed by atoms with Crippen LogP contribution in [-0.4, -0.2) is 35.6 Å². The molecule has 0 bridgehead atoms. The molecule has 0 unspecified atom stereocenters. The van der Waals surface area contributed by atoms with E-state index in [0.29, 0.717) is 12.4 Å². The first kappa shape index (κ1) is 19.1. The second kappa shape index (κ2) is 8.45. The second-order valence-electron chi connectivity index (χ2n) is 6.67. The third-order valence-electron chi connectivity index (χ3n) is 4.77. The predicted molar refractivity (Wildman–Crippen MR) is 116 cm³/mol. The first-order chi connectivity index (χ1) is 13.6. The zero-order valence-electron chi connectivity index (χ0n) is 15.5. The van der Waals surface area contributed by atoms with Crippen molar-refractivity contribution < 1.29 is 9.53 Å². The Balaban J connectivity index is 1.37. The number of benzene rings is 1. The summed E-state index contributed by atoms with van der Waals surface area (Å²) in [6, 6.07) is 9.68. The van der Waals surface area contributed by atoms with Gasteiger partial charge in [0, 0.05) is 29.7 Å². The van der Waals surface area contributed by atoms with Gasteiger partial charge in [0.1, 0.15) is 11.6 Å². The van der Waals surface area contributed by atoms with Crippen LogP contribution in [0.4, 0.5) is 10.9 Å². The molecular formula is C20H21BrN4O2S. The lowest BCUT2D eigenvalue weighted by Gasteiger charge is -2.30. The molecule has 1 N–H and O–H groups in total. The van der Waals surface area contributed by atoms with Crippen molar-refractivity contribution in [2.24, 2.45) is 5.92 Å². The minimum Gasteiger partial charge on any atom is -0.494 e. The quantitative estimate of drug-likeness (QED) is 0.596. The van der Waals surface area contributed by atoms with Crippen LogP contribution in [0.5, 0.6) is 5.75 Å². The third-order valence-corrected chi connectivity index (χ3v) is 6.32. The molecule has 1 aliphatic rings. The Morgan fingerprint density at radius 3 is 2.86 bits per heavy atom. The number of nitrogens with zero attached hydrogens (tertiary/aromatic N) is 3. The van der Waals surface area contributed by atoms with Crippen LogP contribution in [-0.2, 0) is 4.79 Å². The maximum Gasteiger partial charge on any atom is 0.228 e. The van der Waals surface area contributed by atoms with Gasteiger partial charge in [-0.25, -0.2) is 9.97 Å². The van der Waals surface area contributed by atoms with E-state index in [2.05, 4.69) is 31.1 Å². The highest BCUT2D eigenvalue weighted by atomic mass is 79.9. The lowest BCUT2D eigenvalue weighted by molar-refractivity contribution is -0.120. The molecule has 1 amide bonds. The first-order valence-corrected chi connectivity index (χ1v) is 10.9. The van der Waals surface area contributed by atoms with Crippen molar-refractivity contribution in [3.05, 3.63) is 41.0 Å². The van der Waals surface area contributed by atoms with E-state index in [1.54, 1.807) is 23.6 Å². The summed E-state index contributed by atoms with van der Waals surface area (Å²) in [6.07, 6.45) is 3.30. The molecule has 0 spiro atoms. The second-order valence-corrected chi connectivity index (χ2v) is 8.60. The Kier molecular flexibility index (Phi) is 5.77. The molecule has 6 nitrogen and oxygen atoms in total. The first-order valence-electron chi connectivity index (χ1n) is 9.33. The molecule has 1 fully saturated rings. The number of ether oxygens (including phenoxy) is 1. The fourth-order valence-electron chi connectivity index (χ4n) is 3.30. The van der Waals surface area contributed by atoms with Gasteiger partial charge >= 0.3 is 0 Å². The van der Waals surface area contributed by atoms with Crippen LogP contribution in [0.25, 0.3) is 10.2 Å². The largest absolute Gasteiger partial charge is 0.494 e. The number of hydrogen-bond donors (Lipinski definition) is 1. The Morgan fingerprint density at radius 2 is 2.14 bits per heavy atom. The molecule has 0 aliphatic carbocycles. The molecule has 3 aromatic rings. The normalized spacial score (nSPS) is 15.0. The van der Waals surface area contributed by atoms with Crippen LogP contribution in [0.2, 0.25) is 0 Å². The standard InChI is InChI=1S/C20H21BrN4O2S/c1-2-27-15-4-5-16-17(11-15)28-20(23-16)25-9-7-13(8-10-25)19(26)24-18-6-3-14(21)12-22-18/h3-6,11-13H,2,7-10H2,1H3,(H,22,24,26). The van der Waals surface area contributed by atoms with E-state index in [0.717, 1.165) is 51.5 Å². The summed E-state index contributed by atoms with van der Waals surface area (Å²) >= 11 is 5.03. The molecule has 1 aliphatic heterocycles. The van der Waals surface area contributed by atoms with Gasteiger partial charge in [0.2, 0.25) is 5.91 Å². The lowest BCUT2D eigenvalue weighted by Crippen LogP contribution is -2.38. The molecule has 0 saturated carbocycles. The number of halogens is 1. The van der Waals surface area contributed by atoms with Gasteiger partial charge in [-0.3, -0.25) is 4.79 Å². The van der Waals surface area contributed by atoms with Crippen LogP contribution < -0.4 is 15.0 Å². The van der Waals surface area contributed by atoms with Crippen molar-refractivity contribution in [2.75, 3.05) is 29.9 Å². The highest BCUT2D eigenvalue weighted by Gasteiger charge is 2.26. The number of pyridine rings is 1. The van der Waals surface area contributed by atoms with E-state index >= 15 is 0 Å². The van der Waals surface area contributed by atoms with Gasteiger partial charge in [-0.1, -0.05) is 11.3 Å². The summed E-state index contributed by atoms with van der Waals surface area (Å²) in [5.74, 6) is 1.51. The lowest BCUT2D eigenvalue weighted by atomic mass is 9.96. The number of carbonyl (C=O) groups is 1. The minimum atomic E-state index is 0.000585. The van der Waals surface area contributed by atoms with Crippen LogP contribution in [0.1, 0.15) is 19.8 Å². The molecule has 3 heterocycles. The van der Waals surface area contributed by atoms with Gasteiger partial charge in [0.15, 0.2) is 5.13 Å². The van der Waals surface area contributed by atoms with Crippen molar-refractivity contribution in [3.63, 3.8) is 0 Å². The van der Waals surface area contributed by atoms with E-state index in [1.165, 1.54) is 0 Å². The summed E-state index contributed by atoms with van der Waals surface area (Å²) in [6.45, 7) is 4.28. The van der Waals surface area contributed by atoms with Crippen LogP contribution in [0.15, 0.2) is 41.0 Å². The number of anilines is 2. The average Bonchev–Trinajstić information content (AvgIpc) is 3.13. The van der Waals surface area contributed by atoms with Crippen LogP contribution >= 0.6 is 27.3 Å². The Hall–Kier alpha value is -2.19. The van der Waals surface area contributed by atoms with Crippen molar-refractivity contribution in [3.8, 4) is 5.75 Å². The van der Waals surface area contributed by atoms with Gasteiger partial charge in [0.25, 0.3) is 0 Å².